The second-order valence-electron chi connectivity index (χ2n) is 5.83. The number of nitrogens with two attached hydrogens (primary N) is 1. The van der Waals surface area contributed by atoms with E-state index in [4.69, 9.17) is 10.2 Å². The monoisotopic (exact) mass is 436 g/mol. The van der Waals surface area contributed by atoms with E-state index in [0.717, 1.165) is 18.4 Å². The summed E-state index contributed by atoms with van der Waals surface area (Å²) in [6, 6.07) is 8.25. The quantitative estimate of drug-likeness (QED) is 0.566. The molecule has 1 heterocycles. The van der Waals surface area contributed by atoms with Crippen LogP contribution in [-0.4, -0.2) is 22.8 Å². The van der Waals surface area contributed by atoms with Crippen molar-refractivity contribution in [3.8, 4) is 11.5 Å². The summed E-state index contributed by atoms with van der Waals surface area (Å²) in [7, 11) is 0. The summed E-state index contributed by atoms with van der Waals surface area (Å²) in [5.74, 6) is -3.81. The second kappa shape index (κ2) is 9.61. The number of halogens is 3. The van der Waals surface area contributed by atoms with E-state index in [-0.39, 0.29) is 29.6 Å². The van der Waals surface area contributed by atoms with Crippen LogP contribution in [0.2, 0.25) is 0 Å². The van der Waals surface area contributed by atoms with Crippen LogP contribution in [0.25, 0.3) is 11.5 Å². The van der Waals surface area contributed by atoms with Crippen LogP contribution in [0.5, 0.6) is 0 Å². The normalized spacial score (nSPS) is 11.1. The summed E-state index contributed by atoms with van der Waals surface area (Å²) in [4.78, 5) is 39.8. The molecule has 3 rings (SSSR count). The number of hydrogen-bond donors (Lipinski definition) is 3. The highest BCUT2D eigenvalue weighted by molar-refractivity contribution is 6.01. The van der Waals surface area contributed by atoms with Gasteiger partial charge in [-0.2, -0.15) is 0 Å². The molecule has 0 radical (unpaired) electrons. The van der Waals surface area contributed by atoms with Gasteiger partial charge in [-0.1, -0.05) is 24.3 Å². The van der Waals surface area contributed by atoms with Gasteiger partial charge in [0.2, 0.25) is 5.89 Å². The Morgan fingerprint density at radius 2 is 1.77 bits per heavy atom. The number of primary amides is 1. The second-order valence-corrected chi connectivity index (χ2v) is 5.83. The van der Waals surface area contributed by atoms with Crippen molar-refractivity contribution in [2.24, 2.45) is 5.73 Å². The summed E-state index contributed by atoms with van der Waals surface area (Å²) in [5, 5.41) is 3.99. The first kappa shape index (κ1) is 22.5. The molecule has 0 fully saturated rings. The Kier molecular flexibility index (Phi) is 7.21. The van der Waals surface area contributed by atoms with E-state index in [9.17, 15) is 23.2 Å². The first-order valence-electron chi connectivity index (χ1n) is 8.22. The molecule has 8 nitrogen and oxygen atoms in total. The molecular weight excluding hydrogens is 422 g/mol. The fourth-order valence-corrected chi connectivity index (χ4v) is 2.51. The molecule has 1 aromatic heterocycles. The third-order valence-corrected chi connectivity index (χ3v) is 3.82. The largest absolute Gasteiger partial charge is 0.444 e. The molecule has 0 spiro atoms. The summed E-state index contributed by atoms with van der Waals surface area (Å²) in [6.45, 7) is 0. The molecule has 0 bridgehead atoms. The minimum absolute atomic E-state index is 0. The number of nitrogens with zero attached hydrogens (tertiary/aromatic N) is 1. The van der Waals surface area contributed by atoms with Crippen molar-refractivity contribution in [1.29, 1.82) is 0 Å². The molecule has 3 aromatic rings. The van der Waals surface area contributed by atoms with E-state index in [2.05, 4.69) is 10.3 Å². The van der Waals surface area contributed by atoms with Crippen LogP contribution in [0.15, 0.2) is 59.2 Å². The highest BCUT2D eigenvalue weighted by Gasteiger charge is 2.28. The molecule has 156 valence electrons. The molecule has 30 heavy (non-hydrogen) atoms. The van der Waals surface area contributed by atoms with Gasteiger partial charge in [-0.25, -0.2) is 18.6 Å². The van der Waals surface area contributed by atoms with Gasteiger partial charge in [-0.05, 0) is 18.2 Å². The molecule has 0 aliphatic heterocycles. The number of urea groups is 1. The van der Waals surface area contributed by atoms with Crippen molar-refractivity contribution in [2.75, 3.05) is 0 Å². The van der Waals surface area contributed by atoms with E-state index in [1.54, 1.807) is 35.6 Å². The van der Waals surface area contributed by atoms with Gasteiger partial charge in [0.25, 0.3) is 11.8 Å². The first-order chi connectivity index (χ1) is 13.8. The maximum absolute atomic E-state index is 14.2. The molecule has 4 N–H and O–H groups in total. The molecule has 11 heteroatoms. The van der Waals surface area contributed by atoms with Gasteiger partial charge in [0.1, 0.15) is 23.9 Å². The van der Waals surface area contributed by atoms with Crippen LogP contribution in [0.3, 0.4) is 0 Å². The zero-order valence-corrected chi connectivity index (χ0v) is 15.9. The van der Waals surface area contributed by atoms with Crippen LogP contribution >= 0.6 is 12.4 Å². The maximum atomic E-state index is 14.2. The van der Waals surface area contributed by atoms with Crippen molar-refractivity contribution < 1.29 is 27.6 Å². The lowest BCUT2D eigenvalue weighted by Crippen LogP contribution is -2.45. The molecule has 2 aromatic carbocycles. The van der Waals surface area contributed by atoms with E-state index in [0.29, 0.717) is 11.6 Å². The zero-order chi connectivity index (χ0) is 21.0. The third-order valence-electron chi connectivity index (χ3n) is 3.82. The minimum atomic E-state index is -1.67. The van der Waals surface area contributed by atoms with Crippen molar-refractivity contribution >= 4 is 30.3 Å². The number of carbonyl (C=O) groups excluding carboxylic acids is 3. The Bertz CT molecular complexity index is 1080. The number of imide groups is 1. The lowest BCUT2D eigenvalue weighted by Gasteiger charge is -2.18. The number of oxazole rings is 1. The molecule has 4 amide bonds. The lowest BCUT2D eigenvalue weighted by molar-refractivity contribution is -0.122. The molecule has 0 saturated heterocycles. The molecular formula is C19H15ClF2N4O4. The number of hydrogen-bond acceptors (Lipinski definition) is 5. The Morgan fingerprint density at radius 3 is 2.40 bits per heavy atom. The SMILES string of the molecule is Cl.NC(=O)NC(=O)C(NC(=O)c1coc(-c2ccccc2)n1)c1ccc(F)cc1F. The first-order valence-corrected chi connectivity index (χ1v) is 8.22. The zero-order valence-electron chi connectivity index (χ0n) is 15.1. The predicted molar refractivity (Wildman–Crippen MR) is 103 cm³/mol. The van der Waals surface area contributed by atoms with Gasteiger partial charge in [-0.3, -0.25) is 14.9 Å². The lowest BCUT2D eigenvalue weighted by atomic mass is 10.0. The Balaban J connectivity index is 0.00000320. The smallest absolute Gasteiger partial charge is 0.318 e. The number of carbonyl (C=O) groups is 3. The highest BCUT2D eigenvalue weighted by Crippen LogP contribution is 2.21. The summed E-state index contributed by atoms with van der Waals surface area (Å²) in [5.41, 5.74) is 4.97. The standard InChI is InChI=1S/C19H14F2N4O4.ClH/c20-11-6-7-12(13(21)8-11)15(17(27)25-19(22)28)24-16(26)14-9-29-18(23-14)10-4-2-1-3-5-10;/h1-9,15H,(H,24,26)(H3,22,25,27,28);1H. The van der Waals surface area contributed by atoms with Gasteiger partial charge < -0.3 is 15.5 Å². The fourth-order valence-electron chi connectivity index (χ4n) is 2.51. The third kappa shape index (κ3) is 5.17. The molecule has 1 atom stereocenters. The van der Waals surface area contributed by atoms with Gasteiger partial charge in [0, 0.05) is 17.2 Å². The topological polar surface area (TPSA) is 127 Å². The molecule has 0 aliphatic rings. The number of amides is 4. The summed E-state index contributed by atoms with van der Waals surface area (Å²) >= 11 is 0. The van der Waals surface area contributed by atoms with Crippen LogP contribution in [0, 0.1) is 11.6 Å². The highest BCUT2D eigenvalue weighted by atomic mass is 35.5. The average Bonchev–Trinajstić information content (AvgIpc) is 3.17. The number of rotatable bonds is 5. The van der Waals surface area contributed by atoms with Crippen LogP contribution in [0.4, 0.5) is 13.6 Å². The Hall–Kier alpha value is -3.79. The van der Waals surface area contributed by atoms with E-state index < -0.39 is 35.5 Å². The number of benzene rings is 2. The fraction of sp³-hybridized carbons (Fsp3) is 0.0526. The summed E-state index contributed by atoms with van der Waals surface area (Å²) < 4.78 is 32.6. The minimum Gasteiger partial charge on any atom is -0.444 e. The molecule has 1 unspecified atom stereocenters. The predicted octanol–water partition coefficient (Wildman–Crippen LogP) is 2.71. The van der Waals surface area contributed by atoms with E-state index in [1.807, 2.05) is 0 Å². The van der Waals surface area contributed by atoms with Crippen molar-refractivity contribution in [3.63, 3.8) is 0 Å². The van der Waals surface area contributed by atoms with Gasteiger partial charge in [0.15, 0.2) is 5.69 Å². The average molecular weight is 437 g/mol. The molecule has 0 saturated carbocycles. The van der Waals surface area contributed by atoms with Crippen molar-refractivity contribution in [3.05, 3.63) is 77.7 Å². The Labute approximate surface area is 174 Å². The van der Waals surface area contributed by atoms with Gasteiger partial charge in [0.05, 0.1) is 0 Å². The van der Waals surface area contributed by atoms with Crippen LogP contribution in [-0.2, 0) is 4.79 Å². The molecule has 0 aliphatic carbocycles. The Morgan fingerprint density at radius 1 is 1.07 bits per heavy atom. The van der Waals surface area contributed by atoms with Crippen LogP contribution in [0.1, 0.15) is 22.1 Å². The van der Waals surface area contributed by atoms with Crippen LogP contribution < -0.4 is 16.4 Å². The summed E-state index contributed by atoms with van der Waals surface area (Å²) in [6.07, 6.45) is 1.06. The number of aromatic nitrogens is 1. The van der Waals surface area contributed by atoms with Gasteiger partial charge in [-0.15, -0.1) is 12.4 Å². The van der Waals surface area contributed by atoms with E-state index >= 15 is 0 Å². The number of nitrogens with one attached hydrogen (secondary N) is 2. The maximum Gasteiger partial charge on any atom is 0.318 e. The van der Waals surface area contributed by atoms with Crippen molar-refractivity contribution in [2.45, 2.75) is 6.04 Å². The van der Waals surface area contributed by atoms with Crippen molar-refractivity contribution in [1.82, 2.24) is 15.6 Å². The van der Waals surface area contributed by atoms with E-state index in [1.165, 1.54) is 0 Å². The van der Waals surface area contributed by atoms with Gasteiger partial charge >= 0.3 is 6.03 Å².